The van der Waals surface area contributed by atoms with Crippen LogP contribution in [0.3, 0.4) is 0 Å². The van der Waals surface area contributed by atoms with Crippen LogP contribution in [0.5, 0.6) is 0 Å². The molecule has 0 aromatic heterocycles. The molecule has 2 aliphatic heterocycles. The number of rotatable bonds is 5. The lowest BCUT2D eigenvalue weighted by atomic mass is 9.95. The van der Waals surface area contributed by atoms with Crippen molar-refractivity contribution < 1.29 is 8.42 Å². The van der Waals surface area contributed by atoms with Gasteiger partial charge >= 0.3 is 0 Å². The second kappa shape index (κ2) is 10.2. The summed E-state index contributed by atoms with van der Waals surface area (Å²) in [5, 5.41) is 6.70. The third kappa shape index (κ3) is 6.06. The Morgan fingerprint density at radius 3 is 2.61 bits per heavy atom. The minimum absolute atomic E-state index is 0. The van der Waals surface area contributed by atoms with Gasteiger partial charge in [-0.25, -0.2) is 8.42 Å². The van der Waals surface area contributed by atoms with E-state index >= 15 is 0 Å². The van der Waals surface area contributed by atoms with Gasteiger partial charge in [0.2, 0.25) is 0 Å². The number of hydrogen-bond donors (Lipinski definition) is 2. The maximum absolute atomic E-state index is 11.7. The molecule has 28 heavy (non-hydrogen) atoms. The van der Waals surface area contributed by atoms with Crippen molar-refractivity contribution in [1.82, 2.24) is 15.5 Å². The molecule has 0 aliphatic carbocycles. The van der Waals surface area contributed by atoms with Gasteiger partial charge in [-0.15, -0.1) is 24.0 Å². The van der Waals surface area contributed by atoms with Crippen molar-refractivity contribution in [3.8, 4) is 0 Å². The summed E-state index contributed by atoms with van der Waals surface area (Å²) in [6.45, 7) is 7.35. The molecule has 8 heteroatoms. The Balaban J connectivity index is 0.00000280. The van der Waals surface area contributed by atoms with Gasteiger partial charge in [0.1, 0.15) is 0 Å². The van der Waals surface area contributed by atoms with Gasteiger partial charge in [0.15, 0.2) is 15.8 Å². The van der Waals surface area contributed by atoms with Gasteiger partial charge in [-0.1, -0.05) is 38.1 Å². The number of guanidine groups is 1. The zero-order valence-corrected chi connectivity index (χ0v) is 20.2. The van der Waals surface area contributed by atoms with E-state index in [2.05, 4.69) is 58.6 Å². The van der Waals surface area contributed by atoms with Crippen molar-refractivity contribution in [2.75, 3.05) is 31.6 Å². The Hall–Kier alpha value is -0.870. The normalized spacial score (nSPS) is 23.0. The lowest BCUT2D eigenvalue weighted by Crippen LogP contribution is -2.52. The summed E-state index contributed by atoms with van der Waals surface area (Å²) in [6, 6.07) is 9.05. The van der Waals surface area contributed by atoms with Crippen molar-refractivity contribution in [3.63, 3.8) is 0 Å². The van der Waals surface area contributed by atoms with E-state index in [-0.39, 0.29) is 41.5 Å². The molecule has 0 radical (unpaired) electrons. The fraction of sp³-hybridized carbons (Fsp3) is 0.650. The Morgan fingerprint density at radius 2 is 2.00 bits per heavy atom. The quantitative estimate of drug-likeness (QED) is 0.353. The van der Waals surface area contributed by atoms with E-state index in [1.807, 2.05) is 0 Å². The first-order chi connectivity index (χ1) is 12.9. The summed E-state index contributed by atoms with van der Waals surface area (Å²) in [6.07, 6.45) is 1.74. The van der Waals surface area contributed by atoms with E-state index in [0.29, 0.717) is 24.3 Å². The Bertz CT molecular complexity index is 782. The van der Waals surface area contributed by atoms with E-state index < -0.39 is 9.84 Å². The van der Waals surface area contributed by atoms with E-state index in [9.17, 15) is 8.42 Å². The molecular weight excluding hydrogens is 487 g/mol. The van der Waals surface area contributed by atoms with Crippen molar-refractivity contribution in [2.45, 2.75) is 45.3 Å². The van der Waals surface area contributed by atoms with E-state index in [0.717, 1.165) is 26.1 Å². The van der Waals surface area contributed by atoms with Gasteiger partial charge in [0.05, 0.1) is 11.5 Å². The van der Waals surface area contributed by atoms with Gasteiger partial charge in [-0.05, 0) is 29.9 Å². The number of sulfone groups is 1. The second-order valence-corrected chi connectivity index (χ2v) is 10.2. The average molecular weight is 520 g/mol. The van der Waals surface area contributed by atoms with Gasteiger partial charge in [0.25, 0.3) is 0 Å². The summed E-state index contributed by atoms with van der Waals surface area (Å²) >= 11 is 0. The Labute approximate surface area is 186 Å². The monoisotopic (exact) mass is 520 g/mol. The van der Waals surface area contributed by atoms with Crippen molar-refractivity contribution in [3.05, 3.63) is 35.4 Å². The van der Waals surface area contributed by atoms with E-state index in [4.69, 9.17) is 0 Å². The summed E-state index contributed by atoms with van der Waals surface area (Å²) in [7, 11) is -1.16. The topological polar surface area (TPSA) is 73.8 Å². The maximum atomic E-state index is 11.7. The van der Waals surface area contributed by atoms with Crippen LogP contribution in [0.25, 0.3) is 0 Å². The zero-order chi connectivity index (χ0) is 19.4. The Morgan fingerprint density at radius 1 is 1.29 bits per heavy atom. The lowest BCUT2D eigenvalue weighted by Gasteiger charge is -2.38. The molecule has 2 aliphatic rings. The predicted molar refractivity (Wildman–Crippen MR) is 126 cm³/mol. The number of hydrogen-bond acceptors (Lipinski definition) is 4. The van der Waals surface area contributed by atoms with Crippen LogP contribution in [0.2, 0.25) is 0 Å². The second-order valence-electron chi connectivity index (χ2n) is 8.00. The highest BCUT2D eigenvalue weighted by molar-refractivity contribution is 14.0. The molecule has 6 nitrogen and oxygen atoms in total. The van der Waals surface area contributed by atoms with Crippen molar-refractivity contribution in [2.24, 2.45) is 10.9 Å². The molecule has 3 rings (SSSR count). The molecule has 1 fully saturated rings. The standard InChI is InChI=1S/C20H32N4O2S.HI/c1-15(2)19(24-10-8-16-6-4-5-7-17(16)13-24)12-22-20(21-3)23-18-9-11-27(25,26)14-18;/h4-7,15,18-19H,8-14H2,1-3H3,(H2,21,22,23);1H. The van der Waals surface area contributed by atoms with E-state index in [1.165, 1.54) is 11.1 Å². The number of halogens is 1. The number of fused-ring (bicyclic) bond motifs is 1. The molecule has 1 aromatic carbocycles. The van der Waals surface area contributed by atoms with Crippen LogP contribution in [-0.4, -0.2) is 63.0 Å². The smallest absolute Gasteiger partial charge is 0.191 e. The highest BCUT2D eigenvalue weighted by Crippen LogP contribution is 2.22. The zero-order valence-electron chi connectivity index (χ0n) is 17.0. The largest absolute Gasteiger partial charge is 0.355 e. The van der Waals surface area contributed by atoms with Gasteiger partial charge in [0, 0.05) is 38.8 Å². The number of aliphatic imine (C=N–C) groups is 1. The first-order valence-electron chi connectivity index (χ1n) is 9.86. The molecule has 0 amide bonds. The lowest BCUT2D eigenvalue weighted by molar-refractivity contribution is 0.140. The van der Waals surface area contributed by atoms with Crippen molar-refractivity contribution >= 4 is 39.8 Å². The van der Waals surface area contributed by atoms with Gasteiger partial charge in [-0.2, -0.15) is 0 Å². The first kappa shape index (κ1) is 23.4. The summed E-state index contributed by atoms with van der Waals surface area (Å²) < 4.78 is 23.3. The molecular formula is C20H33IN4O2S. The number of nitrogens with zero attached hydrogens (tertiary/aromatic N) is 2. The summed E-state index contributed by atoms with van der Waals surface area (Å²) in [4.78, 5) is 6.84. The third-order valence-corrected chi connectivity index (χ3v) is 7.44. The first-order valence-corrected chi connectivity index (χ1v) is 11.7. The molecule has 1 saturated heterocycles. The van der Waals surface area contributed by atoms with Crippen LogP contribution < -0.4 is 10.6 Å². The number of nitrogens with one attached hydrogen (secondary N) is 2. The molecule has 2 atom stereocenters. The SMILES string of the molecule is CN=C(NCC(C(C)C)N1CCc2ccccc2C1)NC1CCS(=O)(=O)C1.I. The average Bonchev–Trinajstić information content (AvgIpc) is 2.99. The van der Waals surface area contributed by atoms with Crippen LogP contribution in [0.1, 0.15) is 31.4 Å². The minimum atomic E-state index is -2.89. The van der Waals surface area contributed by atoms with E-state index in [1.54, 1.807) is 7.05 Å². The van der Waals surface area contributed by atoms with Crippen LogP contribution in [0, 0.1) is 5.92 Å². The highest BCUT2D eigenvalue weighted by Gasteiger charge is 2.29. The predicted octanol–water partition coefficient (Wildman–Crippen LogP) is 2.04. The molecule has 2 heterocycles. The Kier molecular flexibility index (Phi) is 8.57. The maximum Gasteiger partial charge on any atom is 0.191 e. The third-order valence-electron chi connectivity index (χ3n) is 5.67. The minimum Gasteiger partial charge on any atom is -0.355 e. The van der Waals surface area contributed by atoms with Gasteiger partial charge in [-0.3, -0.25) is 9.89 Å². The fourth-order valence-electron chi connectivity index (χ4n) is 4.09. The van der Waals surface area contributed by atoms with Crippen LogP contribution in [0.4, 0.5) is 0 Å². The molecule has 0 saturated carbocycles. The van der Waals surface area contributed by atoms with Gasteiger partial charge < -0.3 is 10.6 Å². The molecule has 0 bridgehead atoms. The molecule has 0 spiro atoms. The molecule has 2 N–H and O–H groups in total. The van der Waals surface area contributed by atoms with Crippen molar-refractivity contribution in [1.29, 1.82) is 0 Å². The molecule has 1 aromatic rings. The highest BCUT2D eigenvalue weighted by atomic mass is 127. The number of benzene rings is 1. The molecule has 2 unspecified atom stereocenters. The fourth-order valence-corrected chi connectivity index (χ4v) is 5.76. The molecule has 158 valence electrons. The summed E-state index contributed by atoms with van der Waals surface area (Å²) in [5.74, 6) is 1.67. The van der Waals surface area contributed by atoms with Crippen LogP contribution in [0.15, 0.2) is 29.3 Å². The van der Waals surface area contributed by atoms with Crippen LogP contribution in [-0.2, 0) is 22.8 Å². The van der Waals surface area contributed by atoms with Crippen LogP contribution >= 0.6 is 24.0 Å². The summed E-state index contributed by atoms with van der Waals surface area (Å²) in [5.41, 5.74) is 2.89.